The molecule has 0 bridgehead atoms. The van der Waals surface area contributed by atoms with Crippen molar-refractivity contribution in [3.63, 3.8) is 0 Å². The molecule has 3 rings (SSSR count). The van der Waals surface area contributed by atoms with Crippen LogP contribution in [0.15, 0.2) is 64.4 Å². The van der Waals surface area contributed by atoms with E-state index in [4.69, 9.17) is 14.3 Å². The van der Waals surface area contributed by atoms with Crippen molar-refractivity contribution in [3.05, 3.63) is 87.1 Å². The highest BCUT2D eigenvalue weighted by molar-refractivity contribution is 7.08. The van der Waals surface area contributed by atoms with Gasteiger partial charge in [-0.3, -0.25) is 0 Å². The smallest absolute Gasteiger partial charge is 0.416 e. The molecule has 2 aromatic carbocycles. The molecule has 0 spiro atoms. The molecule has 3 aromatic rings. The van der Waals surface area contributed by atoms with Crippen LogP contribution < -0.4 is 4.74 Å². The molecule has 0 aliphatic heterocycles. The van der Waals surface area contributed by atoms with Crippen molar-refractivity contribution in [2.24, 2.45) is 5.16 Å². The van der Waals surface area contributed by atoms with Gasteiger partial charge in [0, 0.05) is 12.0 Å². The van der Waals surface area contributed by atoms with E-state index in [2.05, 4.69) is 5.16 Å². The Balaban J connectivity index is 1.73. The fraction of sp³-hybridized carbons (Fsp3) is 0.280. The van der Waals surface area contributed by atoms with Crippen LogP contribution in [0.1, 0.15) is 34.7 Å². The summed E-state index contributed by atoms with van der Waals surface area (Å²) in [6, 6.07) is 12.2. The third kappa shape index (κ3) is 7.34. The van der Waals surface area contributed by atoms with Crippen LogP contribution in [0, 0.1) is 6.92 Å². The van der Waals surface area contributed by atoms with Gasteiger partial charge in [0.15, 0.2) is 6.61 Å². The maximum atomic E-state index is 12.7. The zero-order valence-electron chi connectivity index (χ0n) is 18.7. The highest BCUT2D eigenvalue weighted by Crippen LogP contribution is 2.29. The molecule has 0 N–H and O–H groups in total. The largest absolute Gasteiger partial charge is 0.482 e. The predicted octanol–water partition coefficient (Wildman–Crippen LogP) is 6.18. The van der Waals surface area contributed by atoms with Crippen molar-refractivity contribution >= 4 is 23.0 Å². The number of carbonyl (C=O) groups is 1. The summed E-state index contributed by atoms with van der Waals surface area (Å²) in [5.41, 5.74) is 3.19. The number of thiophene rings is 1. The quantitative estimate of drug-likeness (QED) is 0.193. The topological polar surface area (TPSA) is 57.1 Å². The Hall–Kier alpha value is -3.33. The highest BCUT2D eigenvalue weighted by atomic mass is 32.1. The molecule has 34 heavy (non-hydrogen) atoms. The summed E-state index contributed by atoms with van der Waals surface area (Å²) in [6.45, 7) is 3.72. The Morgan fingerprint density at radius 3 is 2.44 bits per heavy atom. The molecule has 0 atom stereocenters. The highest BCUT2D eigenvalue weighted by Gasteiger charge is 2.29. The molecule has 0 aliphatic carbocycles. The average Bonchev–Trinajstić information content (AvgIpc) is 3.31. The number of hydrogen-bond donors (Lipinski definition) is 0. The molecule has 0 saturated heterocycles. The third-order valence-corrected chi connectivity index (χ3v) is 5.53. The summed E-state index contributed by atoms with van der Waals surface area (Å²) >= 11 is 1.57. The molecule has 1 aromatic heterocycles. The van der Waals surface area contributed by atoms with Crippen LogP contribution >= 0.6 is 11.3 Å². The summed E-state index contributed by atoms with van der Waals surface area (Å²) < 4.78 is 48.6. The number of oxime groups is 1. The molecule has 0 aliphatic rings. The first-order chi connectivity index (χ1) is 16.3. The van der Waals surface area contributed by atoms with Crippen molar-refractivity contribution in [2.45, 2.75) is 33.1 Å². The Morgan fingerprint density at radius 1 is 1.06 bits per heavy atom. The van der Waals surface area contributed by atoms with Gasteiger partial charge in [0.1, 0.15) is 12.4 Å². The van der Waals surface area contributed by atoms with Gasteiger partial charge in [-0.05, 0) is 77.7 Å². The first-order valence-electron chi connectivity index (χ1n) is 10.5. The second-order valence-electron chi connectivity index (χ2n) is 7.39. The van der Waals surface area contributed by atoms with Gasteiger partial charge >= 0.3 is 12.1 Å². The lowest BCUT2D eigenvalue weighted by Crippen LogP contribution is -2.15. The number of benzene rings is 2. The molecule has 1 heterocycles. The second kappa shape index (κ2) is 11.7. The number of carbonyl (C=O) groups excluding carboxylic acids is 1. The number of esters is 1. The van der Waals surface area contributed by atoms with Crippen molar-refractivity contribution in [3.8, 4) is 5.75 Å². The van der Waals surface area contributed by atoms with Crippen LogP contribution in [0.2, 0.25) is 0 Å². The summed E-state index contributed by atoms with van der Waals surface area (Å²) in [7, 11) is 0. The zero-order valence-corrected chi connectivity index (χ0v) is 19.5. The van der Waals surface area contributed by atoms with Crippen molar-refractivity contribution in [1.82, 2.24) is 0 Å². The molecule has 5 nitrogen and oxygen atoms in total. The van der Waals surface area contributed by atoms with Crippen molar-refractivity contribution < 1.29 is 32.3 Å². The SMILES string of the molecule is CCOC(=O)COc1ccc(C(Cc2ccsc2)=NOCc2ccc(C(F)(F)F)cc2)cc1C. The number of halogens is 3. The maximum absolute atomic E-state index is 12.7. The number of aryl methyl sites for hydroxylation is 1. The minimum absolute atomic E-state index is 0.0327. The van der Waals surface area contributed by atoms with Gasteiger partial charge in [0.05, 0.1) is 17.9 Å². The van der Waals surface area contributed by atoms with E-state index < -0.39 is 17.7 Å². The van der Waals surface area contributed by atoms with Gasteiger partial charge in [-0.2, -0.15) is 24.5 Å². The first kappa shape index (κ1) is 25.3. The second-order valence-corrected chi connectivity index (χ2v) is 8.17. The Kier molecular flexibility index (Phi) is 8.70. The van der Waals surface area contributed by atoms with Crippen molar-refractivity contribution in [1.29, 1.82) is 0 Å². The van der Waals surface area contributed by atoms with Gasteiger partial charge in [-0.25, -0.2) is 4.79 Å². The minimum Gasteiger partial charge on any atom is -0.482 e. The Bertz CT molecular complexity index is 1110. The van der Waals surface area contributed by atoms with Crippen LogP contribution in [-0.2, 0) is 33.6 Å². The van der Waals surface area contributed by atoms with Crippen molar-refractivity contribution in [2.75, 3.05) is 13.2 Å². The number of rotatable bonds is 10. The van der Waals surface area contributed by atoms with Gasteiger partial charge in [0.2, 0.25) is 0 Å². The van der Waals surface area contributed by atoms with E-state index in [1.54, 1.807) is 24.3 Å². The van der Waals surface area contributed by atoms with E-state index in [0.717, 1.165) is 28.8 Å². The number of ether oxygens (including phenoxy) is 2. The predicted molar refractivity (Wildman–Crippen MR) is 124 cm³/mol. The Morgan fingerprint density at radius 2 is 1.82 bits per heavy atom. The first-order valence-corrected chi connectivity index (χ1v) is 11.5. The summed E-state index contributed by atoms with van der Waals surface area (Å²) in [5, 5.41) is 8.26. The monoisotopic (exact) mass is 491 g/mol. The average molecular weight is 492 g/mol. The molecular formula is C25H24F3NO4S. The molecule has 0 saturated carbocycles. The number of hydrogen-bond acceptors (Lipinski definition) is 6. The van der Waals surface area contributed by atoms with E-state index in [9.17, 15) is 18.0 Å². The number of nitrogens with zero attached hydrogens (tertiary/aromatic N) is 1. The minimum atomic E-state index is -4.38. The molecular weight excluding hydrogens is 467 g/mol. The number of alkyl halides is 3. The molecule has 0 fully saturated rings. The molecule has 0 unspecified atom stereocenters. The summed E-state index contributed by atoms with van der Waals surface area (Å²) in [5.74, 6) is 0.111. The van der Waals surface area contributed by atoms with E-state index in [1.165, 1.54) is 12.1 Å². The Labute approximate surface area is 199 Å². The van der Waals surface area contributed by atoms with Gasteiger partial charge in [-0.1, -0.05) is 17.3 Å². The van der Waals surface area contributed by atoms with Gasteiger partial charge in [0.25, 0.3) is 0 Å². The summed E-state index contributed by atoms with van der Waals surface area (Å²) in [4.78, 5) is 17.0. The van der Waals surface area contributed by atoms with E-state index in [-0.39, 0.29) is 19.8 Å². The normalized spacial score (nSPS) is 11.9. The maximum Gasteiger partial charge on any atom is 0.416 e. The van der Waals surface area contributed by atoms with Crippen LogP contribution in [0.25, 0.3) is 0 Å². The van der Waals surface area contributed by atoms with Gasteiger partial charge < -0.3 is 14.3 Å². The van der Waals surface area contributed by atoms with E-state index in [1.807, 2.05) is 35.9 Å². The van der Waals surface area contributed by atoms with Gasteiger partial charge in [-0.15, -0.1) is 0 Å². The molecule has 0 amide bonds. The van der Waals surface area contributed by atoms with E-state index in [0.29, 0.717) is 23.4 Å². The van der Waals surface area contributed by atoms with Crippen LogP contribution in [0.3, 0.4) is 0 Å². The summed E-state index contributed by atoms with van der Waals surface area (Å²) in [6.07, 6.45) is -3.87. The fourth-order valence-electron chi connectivity index (χ4n) is 3.08. The lowest BCUT2D eigenvalue weighted by Gasteiger charge is -2.12. The fourth-order valence-corrected chi connectivity index (χ4v) is 3.75. The van der Waals surface area contributed by atoms with Crippen LogP contribution in [-0.4, -0.2) is 24.9 Å². The van der Waals surface area contributed by atoms with Crippen LogP contribution in [0.4, 0.5) is 13.2 Å². The zero-order chi connectivity index (χ0) is 24.6. The lowest BCUT2D eigenvalue weighted by atomic mass is 10.0. The lowest BCUT2D eigenvalue weighted by molar-refractivity contribution is -0.145. The molecule has 0 radical (unpaired) electrons. The molecule has 180 valence electrons. The third-order valence-electron chi connectivity index (χ3n) is 4.80. The molecule has 9 heteroatoms. The standard InChI is InChI=1S/C25H24F3NO4S/c1-3-31-24(30)15-32-23-9-6-20(12-17(23)2)22(13-19-10-11-34-16-19)29-33-14-18-4-7-21(8-5-18)25(26,27)28/h4-12,16H,3,13-15H2,1-2H3. The van der Waals surface area contributed by atoms with E-state index >= 15 is 0 Å². The van der Waals surface area contributed by atoms with Crippen LogP contribution in [0.5, 0.6) is 5.75 Å².